The fourth-order valence-electron chi connectivity index (χ4n) is 10.1. The van der Waals surface area contributed by atoms with Crippen LogP contribution in [0.2, 0.25) is 0 Å². The largest absolute Gasteiger partial charge is 0.307 e. The summed E-state index contributed by atoms with van der Waals surface area (Å²) >= 11 is 0. The molecule has 0 unspecified atom stereocenters. The van der Waals surface area contributed by atoms with Crippen molar-refractivity contribution in [2.45, 2.75) is 0 Å². The van der Waals surface area contributed by atoms with Crippen molar-refractivity contribution < 1.29 is 0 Å². The number of para-hydroxylation sites is 1. The Morgan fingerprint density at radius 2 is 0.708 bits per heavy atom. The summed E-state index contributed by atoms with van der Waals surface area (Å²) in [5, 5.41) is 23.2. The van der Waals surface area contributed by atoms with E-state index in [0.717, 1.165) is 111 Å². The van der Waals surface area contributed by atoms with Crippen molar-refractivity contribution in [1.29, 1.82) is 10.5 Å². The number of pyridine rings is 1. The van der Waals surface area contributed by atoms with Gasteiger partial charge in [-0.1, -0.05) is 121 Å². The molecular formula is C64H34N8. The Morgan fingerprint density at radius 3 is 1.04 bits per heavy atom. The van der Waals surface area contributed by atoms with Gasteiger partial charge in [-0.2, -0.15) is 10.5 Å². The van der Waals surface area contributed by atoms with Crippen LogP contribution in [-0.4, -0.2) is 14.1 Å². The van der Waals surface area contributed by atoms with Gasteiger partial charge >= 0.3 is 0 Å². The summed E-state index contributed by atoms with van der Waals surface area (Å²) in [7, 11) is 0. The Kier molecular flexibility index (Phi) is 10.3. The summed E-state index contributed by atoms with van der Waals surface area (Å²) < 4.78 is 4.51. The zero-order chi connectivity index (χ0) is 48.9. The molecule has 8 nitrogen and oxygen atoms in total. The normalized spacial score (nSPS) is 11.0. The van der Waals surface area contributed by atoms with E-state index in [1.54, 1.807) is 0 Å². The van der Waals surface area contributed by atoms with E-state index in [0.29, 0.717) is 28.2 Å². The first-order valence-electron chi connectivity index (χ1n) is 23.0. The number of hydrogen-bond donors (Lipinski definition) is 0. The minimum Gasteiger partial charge on any atom is -0.307 e. The third-order valence-electron chi connectivity index (χ3n) is 13.6. The van der Waals surface area contributed by atoms with Crippen LogP contribution in [0.25, 0.3) is 125 Å². The highest BCUT2D eigenvalue weighted by Crippen LogP contribution is 2.46. The molecule has 0 spiro atoms. The monoisotopic (exact) mass is 914 g/mol. The SMILES string of the molecule is [C-]#[N+]c1ccc(-c2ccc3c(c2)c2cc(-c4ccc(C#N)cc4)ccc2n3-c2cncc(-n3c4ccc(-c5ccc(C#N)cc5)cc4c4cc(-c5ccc([N+]#[C-])cc5)ccc43)c2-c2ccccc2[N+]#[C-])cc1. The first kappa shape index (κ1) is 42.5. The molecule has 8 heteroatoms. The van der Waals surface area contributed by atoms with Crippen molar-refractivity contribution in [3.05, 3.63) is 252 Å². The highest BCUT2D eigenvalue weighted by molar-refractivity contribution is 6.14. The van der Waals surface area contributed by atoms with Gasteiger partial charge < -0.3 is 9.13 Å². The molecule has 0 atom stereocenters. The number of hydrogen-bond acceptors (Lipinski definition) is 3. The minimum absolute atomic E-state index is 0.495. The zero-order valence-corrected chi connectivity index (χ0v) is 38.2. The van der Waals surface area contributed by atoms with Crippen LogP contribution >= 0.6 is 0 Å². The quantitative estimate of drug-likeness (QED) is 0.149. The second-order valence-electron chi connectivity index (χ2n) is 17.5. The van der Waals surface area contributed by atoms with Crippen molar-refractivity contribution in [3.8, 4) is 79.1 Å². The smallest absolute Gasteiger partial charge is 0.195 e. The molecule has 0 aliphatic heterocycles. The molecule has 0 saturated heterocycles. The van der Waals surface area contributed by atoms with Crippen LogP contribution in [0.3, 0.4) is 0 Å². The van der Waals surface area contributed by atoms with Gasteiger partial charge in [0, 0.05) is 27.1 Å². The summed E-state index contributed by atoms with van der Waals surface area (Å²) in [5.41, 5.74) is 17.6. The molecule has 72 heavy (non-hydrogen) atoms. The summed E-state index contributed by atoms with van der Waals surface area (Å²) in [6.45, 7) is 23.6. The Labute approximate surface area is 414 Å². The van der Waals surface area contributed by atoms with Gasteiger partial charge in [0.25, 0.3) is 0 Å². The Hall–Kier alpha value is -10.8. The van der Waals surface area contributed by atoms with Crippen LogP contribution in [0.15, 0.2) is 207 Å². The lowest BCUT2D eigenvalue weighted by Gasteiger charge is -2.20. The lowest BCUT2D eigenvalue weighted by atomic mass is 9.99. The molecule has 0 amide bonds. The molecule has 0 radical (unpaired) electrons. The maximum absolute atomic E-state index is 9.57. The van der Waals surface area contributed by atoms with Crippen molar-refractivity contribution in [2.75, 3.05) is 0 Å². The van der Waals surface area contributed by atoms with E-state index in [1.165, 1.54) is 0 Å². The lowest BCUT2D eigenvalue weighted by Crippen LogP contribution is -2.05. The number of nitriles is 2. The molecule has 330 valence electrons. The average Bonchev–Trinajstić information content (AvgIpc) is 3.96. The third-order valence-corrected chi connectivity index (χ3v) is 13.6. The van der Waals surface area contributed by atoms with Gasteiger partial charge in [0.05, 0.1) is 88.8 Å². The molecule has 0 aliphatic rings. The van der Waals surface area contributed by atoms with E-state index in [2.05, 4.69) is 109 Å². The van der Waals surface area contributed by atoms with E-state index in [-0.39, 0.29) is 0 Å². The fourth-order valence-corrected chi connectivity index (χ4v) is 10.1. The van der Waals surface area contributed by atoms with Crippen LogP contribution in [0.4, 0.5) is 17.1 Å². The highest BCUT2D eigenvalue weighted by atomic mass is 15.0. The van der Waals surface area contributed by atoms with Gasteiger partial charge in [-0.15, -0.1) is 0 Å². The summed E-state index contributed by atoms with van der Waals surface area (Å²) in [4.78, 5) is 16.4. The van der Waals surface area contributed by atoms with Crippen molar-refractivity contribution in [1.82, 2.24) is 14.1 Å². The van der Waals surface area contributed by atoms with Gasteiger partial charge in [0.2, 0.25) is 0 Å². The first-order valence-corrected chi connectivity index (χ1v) is 23.0. The molecule has 0 aliphatic carbocycles. The van der Waals surface area contributed by atoms with Crippen molar-refractivity contribution in [3.63, 3.8) is 0 Å². The van der Waals surface area contributed by atoms with Crippen LogP contribution in [0.5, 0.6) is 0 Å². The molecule has 9 aromatic carbocycles. The maximum atomic E-state index is 9.57. The summed E-state index contributed by atoms with van der Waals surface area (Å²) in [5.74, 6) is 0. The van der Waals surface area contributed by atoms with E-state index in [9.17, 15) is 10.5 Å². The number of benzene rings is 9. The van der Waals surface area contributed by atoms with Crippen molar-refractivity contribution in [2.24, 2.45) is 0 Å². The van der Waals surface area contributed by atoms with Gasteiger partial charge in [0.1, 0.15) is 0 Å². The Morgan fingerprint density at radius 1 is 0.375 bits per heavy atom. The van der Waals surface area contributed by atoms with Gasteiger partial charge in [0.15, 0.2) is 17.1 Å². The maximum Gasteiger partial charge on any atom is 0.195 e. The molecule has 12 aromatic rings. The predicted octanol–water partition coefficient (Wildman–Crippen LogP) is 17.0. The van der Waals surface area contributed by atoms with Crippen molar-refractivity contribution >= 4 is 60.7 Å². The third kappa shape index (κ3) is 7.08. The number of fused-ring (bicyclic) bond motifs is 6. The van der Waals surface area contributed by atoms with Crippen LogP contribution in [0.1, 0.15) is 11.1 Å². The topological polar surface area (TPSA) is 83.4 Å². The number of nitrogens with zero attached hydrogens (tertiary/aromatic N) is 8. The van der Waals surface area contributed by atoms with Gasteiger partial charge in [-0.3, -0.25) is 4.98 Å². The fraction of sp³-hybridized carbons (Fsp3) is 0. The molecule has 3 aromatic heterocycles. The molecule has 0 fully saturated rings. The second kappa shape index (κ2) is 17.4. The predicted molar refractivity (Wildman–Crippen MR) is 288 cm³/mol. The van der Waals surface area contributed by atoms with E-state index >= 15 is 0 Å². The summed E-state index contributed by atoms with van der Waals surface area (Å²) in [6.07, 6.45) is 3.79. The van der Waals surface area contributed by atoms with Crippen LogP contribution in [0, 0.1) is 42.4 Å². The molecular weight excluding hydrogens is 881 g/mol. The van der Waals surface area contributed by atoms with Crippen LogP contribution < -0.4 is 0 Å². The molecule has 3 heterocycles. The molecule has 0 bridgehead atoms. The standard InChI is InChI=1S/C64H34N8/c1-67-50-24-16-44(17-25-50)48-22-30-60-55(34-48)53-32-46(42-12-8-40(36-65)9-13-42)20-28-58(53)71(60)62-38-70-39-63(64(62)52-6-4-5-7-57(52)69-3)72-59-29-21-47(43-14-10-41(37-66)11-15-43)33-54(59)56-35-49(23-31-61(56)72)45-18-26-51(68-2)27-19-45/h4-35,38-39H. The second-order valence-corrected chi connectivity index (χ2v) is 17.5. The first-order chi connectivity index (χ1) is 35.4. The van der Waals surface area contributed by atoms with Crippen LogP contribution in [-0.2, 0) is 0 Å². The minimum atomic E-state index is 0.495. The zero-order valence-electron chi connectivity index (χ0n) is 38.2. The molecule has 0 N–H and O–H groups in total. The molecule has 0 saturated carbocycles. The van der Waals surface area contributed by atoms with Gasteiger partial charge in [-0.05, 0) is 123 Å². The number of rotatable bonds is 7. The number of aromatic nitrogens is 3. The van der Waals surface area contributed by atoms with E-state index in [4.69, 9.17) is 24.7 Å². The molecule has 12 rings (SSSR count). The summed E-state index contributed by atoms with van der Waals surface area (Å²) in [6, 6.07) is 68.6. The highest BCUT2D eigenvalue weighted by Gasteiger charge is 2.25. The Bertz CT molecular complexity index is 3920. The van der Waals surface area contributed by atoms with Gasteiger partial charge in [-0.25, -0.2) is 14.5 Å². The van der Waals surface area contributed by atoms with E-state index < -0.39 is 0 Å². The lowest BCUT2D eigenvalue weighted by molar-refractivity contribution is 1.09. The van der Waals surface area contributed by atoms with E-state index in [1.807, 2.05) is 134 Å². The Balaban J connectivity index is 1.15. The average molecular weight is 915 g/mol.